The van der Waals surface area contributed by atoms with Crippen molar-refractivity contribution in [3.63, 3.8) is 0 Å². The highest BCUT2D eigenvalue weighted by Crippen LogP contribution is 2.36. The Hall–Kier alpha value is -2.00. The Bertz CT molecular complexity index is 937. The molecule has 124 valence electrons. The van der Waals surface area contributed by atoms with Crippen LogP contribution < -0.4 is 0 Å². The van der Waals surface area contributed by atoms with Gasteiger partial charge in [-0.05, 0) is 67.5 Å². The van der Waals surface area contributed by atoms with Crippen LogP contribution >= 0.6 is 11.3 Å². The first-order valence-electron chi connectivity index (χ1n) is 8.27. The molecule has 0 aliphatic heterocycles. The molecule has 0 fully saturated rings. The van der Waals surface area contributed by atoms with Crippen molar-refractivity contribution >= 4 is 27.7 Å². The maximum absolute atomic E-state index is 14.3. The second-order valence-corrected chi connectivity index (χ2v) is 7.37. The Morgan fingerprint density at radius 1 is 1.17 bits per heavy atom. The molecule has 0 aliphatic rings. The van der Waals surface area contributed by atoms with Crippen LogP contribution in [0, 0.1) is 26.6 Å². The van der Waals surface area contributed by atoms with E-state index in [4.69, 9.17) is 4.98 Å². The molecular weight excluding hydrogens is 317 g/mol. The van der Waals surface area contributed by atoms with E-state index in [1.165, 1.54) is 0 Å². The van der Waals surface area contributed by atoms with E-state index < -0.39 is 0 Å². The van der Waals surface area contributed by atoms with Crippen molar-refractivity contribution in [1.82, 2.24) is 4.98 Å². The Morgan fingerprint density at radius 2 is 1.92 bits per heavy atom. The molecule has 1 heterocycles. The van der Waals surface area contributed by atoms with Crippen molar-refractivity contribution in [2.75, 3.05) is 0 Å². The molecule has 1 nitrogen and oxygen atoms in total. The van der Waals surface area contributed by atoms with E-state index in [0.29, 0.717) is 5.39 Å². The highest BCUT2D eigenvalue weighted by Gasteiger charge is 2.14. The molecule has 3 rings (SSSR count). The first-order valence-corrected chi connectivity index (χ1v) is 9.09. The number of aromatic nitrogens is 1. The van der Waals surface area contributed by atoms with Crippen molar-refractivity contribution in [3.05, 3.63) is 58.4 Å². The van der Waals surface area contributed by atoms with E-state index in [1.807, 2.05) is 32.9 Å². The van der Waals surface area contributed by atoms with Crippen molar-refractivity contribution in [1.29, 1.82) is 0 Å². The van der Waals surface area contributed by atoms with E-state index in [1.54, 1.807) is 17.4 Å². The van der Waals surface area contributed by atoms with Gasteiger partial charge >= 0.3 is 0 Å². The molecule has 3 aromatic rings. The zero-order valence-electron chi connectivity index (χ0n) is 14.7. The number of hydrogen-bond acceptors (Lipinski definition) is 2. The van der Waals surface area contributed by atoms with Crippen LogP contribution in [-0.4, -0.2) is 4.98 Å². The highest BCUT2D eigenvalue weighted by atomic mass is 32.1. The SMILES string of the molecule is C=C(CCC)c1sc(-c2cc(C)c3c(C)ccc(F)c3c2)nc1C. The van der Waals surface area contributed by atoms with Crippen LogP contribution in [0.2, 0.25) is 0 Å². The lowest BCUT2D eigenvalue weighted by atomic mass is 9.98. The summed E-state index contributed by atoms with van der Waals surface area (Å²) in [5, 5.41) is 2.61. The monoisotopic (exact) mass is 339 g/mol. The molecule has 0 radical (unpaired) electrons. The quantitative estimate of drug-likeness (QED) is 0.507. The molecule has 0 saturated carbocycles. The number of thiazole rings is 1. The third-order valence-electron chi connectivity index (χ3n) is 4.38. The molecule has 24 heavy (non-hydrogen) atoms. The summed E-state index contributed by atoms with van der Waals surface area (Å²) in [6.07, 6.45) is 2.05. The van der Waals surface area contributed by atoms with Crippen molar-refractivity contribution in [3.8, 4) is 10.6 Å². The van der Waals surface area contributed by atoms with Gasteiger partial charge in [-0.2, -0.15) is 0 Å². The van der Waals surface area contributed by atoms with Gasteiger partial charge < -0.3 is 0 Å². The van der Waals surface area contributed by atoms with E-state index in [-0.39, 0.29) is 5.82 Å². The predicted octanol–water partition coefficient (Wildman–Crippen LogP) is 6.84. The molecule has 3 heteroatoms. The summed E-state index contributed by atoms with van der Waals surface area (Å²) in [5.41, 5.74) is 5.31. The number of benzene rings is 2. The average Bonchev–Trinajstić information content (AvgIpc) is 2.93. The summed E-state index contributed by atoms with van der Waals surface area (Å²) in [7, 11) is 0. The van der Waals surface area contributed by atoms with Gasteiger partial charge in [0.1, 0.15) is 10.8 Å². The van der Waals surface area contributed by atoms with Crippen LogP contribution in [-0.2, 0) is 0 Å². The van der Waals surface area contributed by atoms with Crippen LogP contribution in [0.5, 0.6) is 0 Å². The van der Waals surface area contributed by atoms with Gasteiger partial charge in [0.05, 0.1) is 10.6 Å². The standard InChI is InChI=1S/C21H22FNS/c1-6-7-13(3)20-15(5)23-21(24-20)16-10-14(4)19-12(2)8-9-18(22)17(19)11-16/h8-11H,3,6-7H2,1-2,4-5H3. The Morgan fingerprint density at radius 3 is 2.62 bits per heavy atom. The van der Waals surface area contributed by atoms with Crippen LogP contribution in [0.15, 0.2) is 30.8 Å². The van der Waals surface area contributed by atoms with E-state index >= 15 is 0 Å². The number of nitrogens with zero attached hydrogens (tertiary/aromatic N) is 1. The number of allylic oxidation sites excluding steroid dienone is 1. The molecule has 1 aromatic heterocycles. The summed E-state index contributed by atoms with van der Waals surface area (Å²) < 4.78 is 14.3. The van der Waals surface area contributed by atoms with E-state index in [0.717, 1.165) is 56.1 Å². The Kier molecular flexibility index (Phi) is 4.55. The predicted molar refractivity (Wildman–Crippen MR) is 103 cm³/mol. The smallest absolute Gasteiger partial charge is 0.131 e. The van der Waals surface area contributed by atoms with Gasteiger partial charge in [-0.1, -0.05) is 26.0 Å². The third-order valence-corrected chi connectivity index (χ3v) is 5.69. The van der Waals surface area contributed by atoms with Gasteiger partial charge in [-0.3, -0.25) is 0 Å². The average molecular weight is 339 g/mol. The molecule has 0 amide bonds. The van der Waals surface area contributed by atoms with Gasteiger partial charge in [0.25, 0.3) is 0 Å². The van der Waals surface area contributed by atoms with Crippen LogP contribution in [0.1, 0.15) is 41.5 Å². The lowest BCUT2D eigenvalue weighted by Gasteiger charge is -2.09. The zero-order valence-corrected chi connectivity index (χ0v) is 15.5. The molecular formula is C21H22FNS. The van der Waals surface area contributed by atoms with Gasteiger partial charge in [0.15, 0.2) is 0 Å². The molecule has 0 N–H and O–H groups in total. The zero-order chi connectivity index (χ0) is 17.4. The van der Waals surface area contributed by atoms with E-state index in [9.17, 15) is 4.39 Å². The molecule has 0 atom stereocenters. The summed E-state index contributed by atoms with van der Waals surface area (Å²) in [5.74, 6) is -0.176. The number of fused-ring (bicyclic) bond motifs is 1. The highest BCUT2D eigenvalue weighted by molar-refractivity contribution is 7.16. The summed E-state index contributed by atoms with van der Waals surface area (Å²) in [6, 6.07) is 7.42. The summed E-state index contributed by atoms with van der Waals surface area (Å²) in [6.45, 7) is 12.4. The van der Waals surface area contributed by atoms with Gasteiger partial charge in [-0.25, -0.2) is 9.37 Å². The molecule has 0 aliphatic carbocycles. The number of aryl methyl sites for hydroxylation is 3. The van der Waals surface area contributed by atoms with Gasteiger partial charge in [-0.15, -0.1) is 11.3 Å². The Labute approximate surface area is 146 Å². The molecule has 0 bridgehead atoms. The van der Waals surface area contributed by atoms with Crippen LogP contribution in [0.3, 0.4) is 0 Å². The minimum Gasteiger partial charge on any atom is -0.241 e. The first kappa shape index (κ1) is 16.8. The van der Waals surface area contributed by atoms with Crippen molar-refractivity contribution < 1.29 is 4.39 Å². The maximum Gasteiger partial charge on any atom is 0.131 e. The normalized spacial score (nSPS) is 11.2. The van der Waals surface area contributed by atoms with Crippen molar-refractivity contribution in [2.45, 2.75) is 40.5 Å². The fourth-order valence-corrected chi connectivity index (χ4v) is 4.31. The molecule has 0 saturated heterocycles. The summed E-state index contributed by atoms with van der Waals surface area (Å²) >= 11 is 1.65. The summed E-state index contributed by atoms with van der Waals surface area (Å²) in [4.78, 5) is 5.88. The fraction of sp³-hybridized carbons (Fsp3) is 0.286. The number of hydrogen-bond donors (Lipinski definition) is 0. The topological polar surface area (TPSA) is 12.9 Å². The molecule has 0 spiro atoms. The lowest BCUT2D eigenvalue weighted by molar-refractivity contribution is 0.639. The lowest BCUT2D eigenvalue weighted by Crippen LogP contribution is -1.89. The molecule has 0 unspecified atom stereocenters. The minimum absolute atomic E-state index is 0.176. The van der Waals surface area contributed by atoms with Crippen LogP contribution in [0.4, 0.5) is 4.39 Å². The Balaban J connectivity index is 2.16. The largest absolute Gasteiger partial charge is 0.241 e. The van der Waals surface area contributed by atoms with Gasteiger partial charge in [0.2, 0.25) is 0 Å². The minimum atomic E-state index is -0.176. The second-order valence-electron chi connectivity index (χ2n) is 6.37. The maximum atomic E-state index is 14.3. The van der Waals surface area contributed by atoms with Crippen molar-refractivity contribution in [2.24, 2.45) is 0 Å². The van der Waals surface area contributed by atoms with Crippen LogP contribution in [0.25, 0.3) is 26.9 Å². The fourth-order valence-electron chi connectivity index (χ4n) is 3.26. The number of halogens is 1. The second kappa shape index (κ2) is 6.48. The first-order chi connectivity index (χ1) is 11.4. The van der Waals surface area contributed by atoms with Gasteiger partial charge in [0, 0.05) is 10.9 Å². The molecule has 2 aromatic carbocycles. The third kappa shape index (κ3) is 2.89. The van der Waals surface area contributed by atoms with E-state index in [2.05, 4.69) is 19.6 Å². The number of rotatable bonds is 4.